The van der Waals surface area contributed by atoms with Gasteiger partial charge in [-0.1, -0.05) is 6.92 Å². The van der Waals surface area contributed by atoms with Gasteiger partial charge in [0.1, 0.15) is 0 Å². The number of rotatable bonds is 4. The Morgan fingerprint density at radius 1 is 1.44 bits per heavy atom. The maximum Gasteiger partial charge on any atom is 0.222 e. The van der Waals surface area contributed by atoms with E-state index in [2.05, 4.69) is 27.5 Å². The predicted octanol–water partition coefficient (Wildman–Crippen LogP) is 2.18. The number of aromatic nitrogens is 3. The molecular weight excluding hydrogens is 250 g/mol. The van der Waals surface area contributed by atoms with Crippen LogP contribution in [0.1, 0.15) is 41.7 Å². The molecule has 0 spiro atoms. The summed E-state index contributed by atoms with van der Waals surface area (Å²) in [6.45, 7) is 3.58. The van der Waals surface area contributed by atoms with Gasteiger partial charge in [-0.15, -0.1) is 21.5 Å². The Bertz CT molecular complexity index is 517. The zero-order chi connectivity index (χ0) is 12.4. The fourth-order valence-electron chi connectivity index (χ4n) is 1.98. The quantitative estimate of drug-likeness (QED) is 0.848. The van der Waals surface area contributed by atoms with Crippen molar-refractivity contribution >= 4 is 11.3 Å². The van der Waals surface area contributed by atoms with Gasteiger partial charge in [-0.25, -0.2) is 4.98 Å². The SMILES string of the molecule is CCc1nc(Cc2nnc([C@H]3CCOC3)o2)cs1. The van der Waals surface area contributed by atoms with Crippen molar-refractivity contribution in [2.45, 2.75) is 32.1 Å². The lowest BCUT2D eigenvalue weighted by molar-refractivity contribution is 0.190. The highest BCUT2D eigenvalue weighted by Crippen LogP contribution is 2.24. The molecule has 0 N–H and O–H groups in total. The van der Waals surface area contributed by atoms with Crippen molar-refractivity contribution in [3.8, 4) is 0 Å². The van der Waals surface area contributed by atoms with Crippen molar-refractivity contribution in [3.05, 3.63) is 27.9 Å². The lowest BCUT2D eigenvalue weighted by atomic mass is 10.1. The Labute approximate surface area is 109 Å². The molecule has 0 radical (unpaired) electrons. The van der Waals surface area contributed by atoms with E-state index in [0.717, 1.165) is 30.2 Å². The number of thiazole rings is 1. The molecule has 0 aliphatic carbocycles. The first-order chi connectivity index (χ1) is 8.85. The van der Waals surface area contributed by atoms with Crippen LogP contribution in [0.5, 0.6) is 0 Å². The molecule has 0 bridgehead atoms. The van der Waals surface area contributed by atoms with Crippen molar-refractivity contribution in [2.24, 2.45) is 0 Å². The largest absolute Gasteiger partial charge is 0.424 e. The van der Waals surface area contributed by atoms with Crippen LogP contribution in [0.3, 0.4) is 0 Å². The van der Waals surface area contributed by atoms with Crippen molar-refractivity contribution in [3.63, 3.8) is 0 Å². The molecule has 96 valence electrons. The Morgan fingerprint density at radius 3 is 3.11 bits per heavy atom. The van der Waals surface area contributed by atoms with Crippen molar-refractivity contribution < 1.29 is 9.15 Å². The number of aryl methyl sites for hydroxylation is 1. The van der Waals surface area contributed by atoms with E-state index >= 15 is 0 Å². The molecule has 3 heterocycles. The summed E-state index contributed by atoms with van der Waals surface area (Å²) >= 11 is 1.68. The molecule has 1 atom stereocenters. The van der Waals surface area contributed by atoms with Crippen molar-refractivity contribution in [1.29, 1.82) is 0 Å². The molecular formula is C12H15N3O2S. The fourth-order valence-corrected chi connectivity index (χ4v) is 2.72. The van der Waals surface area contributed by atoms with E-state index in [9.17, 15) is 0 Å². The molecule has 5 nitrogen and oxygen atoms in total. The minimum absolute atomic E-state index is 0.271. The molecule has 0 aromatic carbocycles. The van der Waals surface area contributed by atoms with E-state index in [1.165, 1.54) is 0 Å². The number of nitrogens with zero attached hydrogens (tertiary/aromatic N) is 3. The second kappa shape index (κ2) is 5.16. The van der Waals surface area contributed by atoms with E-state index in [-0.39, 0.29) is 5.92 Å². The van der Waals surface area contributed by atoms with Crippen LogP contribution in [0.15, 0.2) is 9.80 Å². The fraction of sp³-hybridized carbons (Fsp3) is 0.583. The van der Waals surface area contributed by atoms with Crippen molar-refractivity contribution in [1.82, 2.24) is 15.2 Å². The lowest BCUT2D eigenvalue weighted by Crippen LogP contribution is -1.97. The second-order valence-electron chi connectivity index (χ2n) is 4.36. The monoisotopic (exact) mass is 265 g/mol. The molecule has 2 aromatic rings. The topological polar surface area (TPSA) is 61.0 Å². The smallest absolute Gasteiger partial charge is 0.222 e. The summed E-state index contributed by atoms with van der Waals surface area (Å²) in [4.78, 5) is 4.50. The average molecular weight is 265 g/mol. The molecule has 1 saturated heterocycles. The summed E-state index contributed by atoms with van der Waals surface area (Å²) in [5, 5.41) is 11.4. The third kappa shape index (κ3) is 2.44. The van der Waals surface area contributed by atoms with Gasteiger partial charge in [0.25, 0.3) is 0 Å². The van der Waals surface area contributed by atoms with Crippen LogP contribution < -0.4 is 0 Å². The highest BCUT2D eigenvalue weighted by molar-refractivity contribution is 7.09. The van der Waals surface area contributed by atoms with Crippen LogP contribution in [0.4, 0.5) is 0 Å². The zero-order valence-corrected chi connectivity index (χ0v) is 11.1. The lowest BCUT2D eigenvalue weighted by Gasteiger charge is -1.98. The summed E-state index contributed by atoms with van der Waals surface area (Å²) in [6.07, 6.45) is 2.56. The number of ether oxygens (including phenoxy) is 1. The van der Waals surface area contributed by atoms with Gasteiger partial charge in [0.15, 0.2) is 0 Å². The van der Waals surface area contributed by atoms with Gasteiger partial charge in [-0.2, -0.15) is 0 Å². The molecule has 2 aromatic heterocycles. The highest BCUT2D eigenvalue weighted by atomic mass is 32.1. The summed E-state index contributed by atoms with van der Waals surface area (Å²) < 4.78 is 11.0. The third-order valence-electron chi connectivity index (χ3n) is 3.00. The standard InChI is InChI=1S/C12H15N3O2S/c1-2-11-13-9(7-18-11)5-10-14-15-12(17-10)8-3-4-16-6-8/h7-8H,2-6H2,1H3/t8-/m0/s1. The first kappa shape index (κ1) is 11.8. The molecule has 0 saturated carbocycles. The van der Waals surface area contributed by atoms with E-state index < -0.39 is 0 Å². The molecule has 1 aliphatic rings. The summed E-state index contributed by atoms with van der Waals surface area (Å²) in [7, 11) is 0. The second-order valence-corrected chi connectivity index (χ2v) is 5.30. The molecule has 18 heavy (non-hydrogen) atoms. The van der Waals surface area contributed by atoms with Gasteiger partial charge < -0.3 is 9.15 Å². The maximum absolute atomic E-state index is 5.68. The van der Waals surface area contributed by atoms with Gasteiger partial charge in [0.2, 0.25) is 11.8 Å². The highest BCUT2D eigenvalue weighted by Gasteiger charge is 2.23. The summed E-state index contributed by atoms with van der Waals surface area (Å²) in [6, 6.07) is 0. The van der Waals surface area contributed by atoms with E-state index in [1.54, 1.807) is 11.3 Å². The predicted molar refractivity (Wildman–Crippen MR) is 66.8 cm³/mol. The summed E-state index contributed by atoms with van der Waals surface area (Å²) in [5.74, 6) is 1.62. The Morgan fingerprint density at radius 2 is 2.39 bits per heavy atom. The zero-order valence-electron chi connectivity index (χ0n) is 10.3. The molecule has 1 aliphatic heterocycles. The number of hydrogen-bond donors (Lipinski definition) is 0. The van der Waals surface area contributed by atoms with Crippen LogP contribution >= 0.6 is 11.3 Å². The van der Waals surface area contributed by atoms with Gasteiger partial charge >= 0.3 is 0 Å². The average Bonchev–Trinajstić information content (AvgIpc) is 3.10. The Kier molecular flexibility index (Phi) is 3.38. The van der Waals surface area contributed by atoms with E-state index in [4.69, 9.17) is 9.15 Å². The van der Waals surface area contributed by atoms with Crippen LogP contribution in [0, 0.1) is 0 Å². The molecule has 0 unspecified atom stereocenters. The first-order valence-electron chi connectivity index (χ1n) is 6.18. The van der Waals surface area contributed by atoms with Crippen LogP contribution in [0.25, 0.3) is 0 Å². The van der Waals surface area contributed by atoms with Gasteiger partial charge in [0.05, 0.1) is 29.6 Å². The van der Waals surface area contributed by atoms with Gasteiger partial charge in [-0.05, 0) is 12.8 Å². The van der Waals surface area contributed by atoms with Crippen molar-refractivity contribution in [2.75, 3.05) is 13.2 Å². The minimum Gasteiger partial charge on any atom is -0.424 e. The first-order valence-corrected chi connectivity index (χ1v) is 7.06. The molecule has 6 heteroatoms. The molecule has 3 rings (SSSR count). The Balaban J connectivity index is 1.69. The maximum atomic E-state index is 5.68. The Hall–Kier alpha value is -1.27. The third-order valence-corrected chi connectivity index (χ3v) is 4.04. The van der Waals surface area contributed by atoms with E-state index in [0.29, 0.717) is 24.8 Å². The van der Waals surface area contributed by atoms with Gasteiger partial charge in [-0.3, -0.25) is 0 Å². The number of hydrogen-bond acceptors (Lipinski definition) is 6. The summed E-state index contributed by atoms with van der Waals surface area (Å²) in [5.41, 5.74) is 1.01. The normalized spacial score (nSPS) is 19.5. The molecule has 0 amide bonds. The minimum atomic E-state index is 0.271. The van der Waals surface area contributed by atoms with E-state index in [1.807, 2.05) is 0 Å². The molecule has 1 fully saturated rings. The van der Waals surface area contributed by atoms with Gasteiger partial charge in [0, 0.05) is 12.0 Å². The van der Waals surface area contributed by atoms with Crippen LogP contribution in [0.2, 0.25) is 0 Å². The van der Waals surface area contributed by atoms with Crippen LogP contribution in [-0.2, 0) is 17.6 Å². The van der Waals surface area contributed by atoms with Crippen LogP contribution in [-0.4, -0.2) is 28.4 Å².